The van der Waals surface area contributed by atoms with E-state index in [0.717, 1.165) is 31.7 Å². The highest BCUT2D eigenvalue weighted by Crippen LogP contribution is 2.38. The van der Waals surface area contributed by atoms with Crippen LogP contribution in [0.3, 0.4) is 0 Å². The Morgan fingerprint density at radius 3 is 2.48 bits per heavy atom. The highest BCUT2D eigenvalue weighted by molar-refractivity contribution is 5.90. The SMILES string of the molecule is COc1ccc(C2CCC(CC(=O)Nc3cccc(F)c3F)CC2)c(F)c1. The van der Waals surface area contributed by atoms with Gasteiger partial charge in [0, 0.05) is 12.5 Å². The Labute approximate surface area is 156 Å². The van der Waals surface area contributed by atoms with E-state index in [1.165, 1.54) is 25.3 Å². The highest BCUT2D eigenvalue weighted by atomic mass is 19.2. The summed E-state index contributed by atoms with van der Waals surface area (Å²) in [6, 6.07) is 8.60. The molecule has 1 aliphatic carbocycles. The van der Waals surface area contributed by atoms with Gasteiger partial charge in [0.2, 0.25) is 5.91 Å². The summed E-state index contributed by atoms with van der Waals surface area (Å²) in [6.07, 6.45) is 3.39. The lowest BCUT2D eigenvalue weighted by molar-refractivity contribution is -0.117. The predicted molar refractivity (Wildman–Crippen MR) is 97.3 cm³/mol. The molecule has 0 radical (unpaired) electrons. The Morgan fingerprint density at radius 1 is 1.07 bits per heavy atom. The number of carbonyl (C=O) groups is 1. The number of halogens is 3. The zero-order valence-corrected chi connectivity index (χ0v) is 15.1. The van der Waals surface area contributed by atoms with Gasteiger partial charge in [-0.1, -0.05) is 12.1 Å². The van der Waals surface area contributed by atoms with Crippen molar-refractivity contribution < 1.29 is 22.7 Å². The summed E-state index contributed by atoms with van der Waals surface area (Å²) in [7, 11) is 1.50. The van der Waals surface area contributed by atoms with Crippen LogP contribution in [0.2, 0.25) is 0 Å². The maximum atomic E-state index is 14.2. The molecule has 1 N–H and O–H groups in total. The van der Waals surface area contributed by atoms with Gasteiger partial charge in [0.25, 0.3) is 0 Å². The van der Waals surface area contributed by atoms with Gasteiger partial charge in [-0.2, -0.15) is 0 Å². The van der Waals surface area contributed by atoms with E-state index in [9.17, 15) is 18.0 Å². The van der Waals surface area contributed by atoms with E-state index in [4.69, 9.17) is 4.74 Å². The number of carbonyl (C=O) groups excluding carboxylic acids is 1. The second kappa shape index (κ2) is 8.46. The van der Waals surface area contributed by atoms with Crippen LogP contribution in [-0.4, -0.2) is 13.0 Å². The minimum absolute atomic E-state index is 0.121. The maximum Gasteiger partial charge on any atom is 0.224 e. The highest BCUT2D eigenvalue weighted by Gasteiger charge is 2.26. The van der Waals surface area contributed by atoms with E-state index in [2.05, 4.69) is 5.32 Å². The van der Waals surface area contributed by atoms with Crippen LogP contribution in [0.25, 0.3) is 0 Å². The summed E-state index contributed by atoms with van der Waals surface area (Å²) in [5.41, 5.74) is 0.537. The number of hydrogen-bond acceptors (Lipinski definition) is 2. The molecular weight excluding hydrogens is 355 g/mol. The molecule has 0 bridgehead atoms. The van der Waals surface area contributed by atoms with Crippen molar-refractivity contribution in [3.63, 3.8) is 0 Å². The second-order valence-electron chi connectivity index (χ2n) is 6.96. The normalized spacial score (nSPS) is 19.6. The summed E-state index contributed by atoms with van der Waals surface area (Å²) >= 11 is 0. The molecule has 1 amide bonds. The Morgan fingerprint density at radius 2 is 1.81 bits per heavy atom. The minimum atomic E-state index is -1.05. The van der Waals surface area contributed by atoms with Crippen molar-refractivity contribution >= 4 is 11.6 Å². The van der Waals surface area contributed by atoms with E-state index in [0.29, 0.717) is 11.3 Å². The maximum absolute atomic E-state index is 14.2. The van der Waals surface area contributed by atoms with E-state index in [1.807, 2.05) is 0 Å². The van der Waals surface area contributed by atoms with Gasteiger partial charge < -0.3 is 10.1 Å². The topological polar surface area (TPSA) is 38.3 Å². The first-order valence-electron chi connectivity index (χ1n) is 9.05. The van der Waals surface area contributed by atoms with Crippen LogP contribution in [0.4, 0.5) is 18.9 Å². The summed E-state index contributed by atoms with van der Waals surface area (Å²) in [5, 5.41) is 2.44. The van der Waals surface area contributed by atoms with E-state index < -0.39 is 11.6 Å². The number of amides is 1. The molecule has 0 saturated heterocycles. The van der Waals surface area contributed by atoms with Gasteiger partial charge in [0.15, 0.2) is 11.6 Å². The lowest BCUT2D eigenvalue weighted by Gasteiger charge is -2.28. The van der Waals surface area contributed by atoms with Gasteiger partial charge in [-0.05, 0) is 61.3 Å². The van der Waals surface area contributed by atoms with Crippen molar-refractivity contribution in [2.45, 2.75) is 38.0 Å². The molecule has 1 saturated carbocycles. The molecule has 0 spiro atoms. The summed E-state index contributed by atoms with van der Waals surface area (Å²) in [5.74, 6) is -1.88. The standard InChI is InChI=1S/C21H22F3NO2/c1-27-15-9-10-16(18(23)12-15)14-7-5-13(6-8-14)11-20(26)25-19-4-2-3-17(22)21(19)24/h2-4,9-10,12-14H,5-8,11H2,1H3,(H,25,26). The zero-order chi connectivity index (χ0) is 19.4. The van der Waals surface area contributed by atoms with Crippen LogP contribution in [0.1, 0.15) is 43.6 Å². The molecule has 1 fully saturated rings. The molecule has 27 heavy (non-hydrogen) atoms. The molecule has 0 aromatic heterocycles. The van der Waals surface area contributed by atoms with Crippen molar-refractivity contribution in [2.24, 2.45) is 5.92 Å². The Hall–Kier alpha value is -2.50. The summed E-state index contributed by atoms with van der Waals surface area (Å²) in [6.45, 7) is 0. The van der Waals surface area contributed by atoms with Crippen molar-refractivity contribution in [3.05, 3.63) is 59.4 Å². The van der Waals surface area contributed by atoms with Crippen molar-refractivity contribution in [2.75, 3.05) is 12.4 Å². The third-order valence-corrected chi connectivity index (χ3v) is 5.19. The van der Waals surface area contributed by atoms with Gasteiger partial charge in [0.1, 0.15) is 11.6 Å². The number of anilines is 1. The Bertz CT molecular complexity index is 817. The van der Waals surface area contributed by atoms with Gasteiger partial charge in [-0.3, -0.25) is 4.79 Å². The Balaban J connectivity index is 1.53. The number of rotatable bonds is 5. The first kappa shape index (κ1) is 19.3. The van der Waals surface area contributed by atoms with E-state index in [-0.39, 0.29) is 35.7 Å². The fraction of sp³-hybridized carbons (Fsp3) is 0.381. The number of benzene rings is 2. The number of methoxy groups -OCH3 is 1. The van der Waals surface area contributed by atoms with Gasteiger partial charge in [-0.15, -0.1) is 0 Å². The van der Waals surface area contributed by atoms with Crippen LogP contribution in [-0.2, 0) is 4.79 Å². The fourth-order valence-corrected chi connectivity index (χ4v) is 3.71. The van der Waals surface area contributed by atoms with Crippen molar-refractivity contribution in [1.29, 1.82) is 0 Å². The van der Waals surface area contributed by atoms with Crippen LogP contribution in [0, 0.1) is 23.4 Å². The second-order valence-corrected chi connectivity index (χ2v) is 6.96. The van der Waals surface area contributed by atoms with Crippen molar-refractivity contribution in [3.8, 4) is 5.75 Å². The summed E-state index contributed by atoms with van der Waals surface area (Å²) in [4.78, 5) is 12.1. The smallest absolute Gasteiger partial charge is 0.224 e. The largest absolute Gasteiger partial charge is 0.497 e. The number of hydrogen-bond donors (Lipinski definition) is 1. The van der Waals surface area contributed by atoms with Gasteiger partial charge in [0.05, 0.1) is 12.8 Å². The lowest BCUT2D eigenvalue weighted by Crippen LogP contribution is -2.21. The van der Waals surface area contributed by atoms with Gasteiger partial charge >= 0.3 is 0 Å². The molecule has 0 unspecified atom stereocenters. The molecule has 0 heterocycles. The molecule has 2 aromatic rings. The van der Waals surface area contributed by atoms with Gasteiger partial charge in [-0.25, -0.2) is 13.2 Å². The molecule has 3 nitrogen and oxygen atoms in total. The molecule has 1 aliphatic rings. The molecule has 3 rings (SSSR count). The first-order valence-corrected chi connectivity index (χ1v) is 9.05. The first-order chi connectivity index (χ1) is 13.0. The molecule has 0 aliphatic heterocycles. The monoisotopic (exact) mass is 377 g/mol. The number of nitrogens with one attached hydrogen (secondary N) is 1. The molecule has 144 valence electrons. The summed E-state index contributed by atoms with van der Waals surface area (Å²) < 4.78 is 46.1. The third-order valence-electron chi connectivity index (χ3n) is 5.19. The van der Waals surface area contributed by atoms with Crippen LogP contribution < -0.4 is 10.1 Å². The minimum Gasteiger partial charge on any atom is -0.497 e. The fourth-order valence-electron chi connectivity index (χ4n) is 3.71. The zero-order valence-electron chi connectivity index (χ0n) is 15.1. The van der Waals surface area contributed by atoms with Crippen LogP contribution in [0.5, 0.6) is 5.75 Å². The molecule has 6 heteroatoms. The average molecular weight is 377 g/mol. The predicted octanol–water partition coefficient (Wildman–Crippen LogP) is 5.42. The number of ether oxygens (including phenoxy) is 1. The third kappa shape index (κ3) is 4.62. The lowest BCUT2D eigenvalue weighted by atomic mass is 9.77. The molecule has 0 atom stereocenters. The molecule has 2 aromatic carbocycles. The average Bonchev–Trinajstić information content (AvgIpc) is 2.66. The van der Waals surface area contributed by atoms with Crippen molar-refractivity contribution in [1.82, 2.24) is 0 Å². The van der Waals surface area contributed by atoms with Crippen LogP contribution >= 0.6 is 0 Å². The van der Waals surface area contributed by atoms with E-state index >= 15 is 0 Å². The quantitative estimate of drug-likeness (QED) is 0.756. The Kier molecular flexibility index (Phi) is 6.04. The van der Waals surface area contributed by atoms with Crippen LogP contribution in [0.15, 0.2) is 36.4 Å². The van der Waals surface area contributed by atoms with E-state index in [1.54, 1.807) is 12.1 Å². The molecular formula is C21H22F3NO2.